The highest BCUT2D eigenvalue weighted by Crippen LogP contribution is 2.32. The number of halogens is 4. The fourth-order valence-corrected chi connectivity index (χ4v) is 2.83. The lowest BCUT2D eigenvalue weighted by molar-refractivity contribution is -0.141. The van der Waals surface area contributed by atoms with Gasteiger partial charge in [0.1, 0.15) is 0 Å². The zero-order chi connectivity index (χ0) is 19.6. The van der Waals surface area contributed by atoms with Gasteiger partial charge in [-0.25, -0.2) is 9.97 Å². The molecule has 1 aliphatic rings. The molecule has 1 heterocycles. The van der Waals surface area contributed by atoms with E-state index in [2.05, 4.69) is 20.6 Å². The van der Waals surface area contributed by atoms with E-state index in [-0.39, 0.29) is 5.95 Å². The minimum absolute atomic E-state index is 0.266. The number of carbonyl (C=O) groups is 1. The van der Waals surface area contributed by atoms with Gasteiger partial charge in [-0.3, -0.25) is 4.79 Å². The van der Waals surface area contributed by atoms with Crippen molar-refractivity contribution in [3.63, 3.8) is 0 Å². The highest BCUT2D eigenvalue weighted by Gasteiger charge is 2.38. The van der Waals surface area contributed by atoms with Gasteiger partial charge >= 0.3 is 6.18 Å². The molecule has 9 heteroatoms. The first-order valence-corrected chi connectivity index (χ1v) is 8.87. The van der Waals surface area contributed by atoms with Crippen molar-refractivity contribution in [3.8, 4) is 0 Å². The van der Waals surface area contributed by atoms with Crippen LogP contribution < -0.4 is 10.6 Å². The molecule has 1 saturated carbocycles. The second-order valence-corrected chi connectivity index (χ2v) is 6.96. The van der Waals surface area contributed by atoms with E-state index in [4.69, 9.17) is 11.6 Å². The topological polar surface area (TPSA) is 66.9 Å². The van der Waals surface area contributed by atoms with Gasteiger partial charge in [0.25, 0.3) is 5.91 Å². The SMILES string of the molecule is Cc1ccc(Nc2ncc(C(=O)NCC3CCC3)c(C(F)(F)F)n2)cc1Cl. The molecule has 1 amide bonds. The van der Waals surface area contributed by atoms with Gasteiger partial charge in [-0.1, -0.05) is 24.1 Å². The second kappa shape index (κ2) is 7.72. The lowest BCUT2D eigenvalue weighted by atomic mass is 9.85. The highest BCUT2D eigenvalue weighted by molar-refractivity contribution is 6.31. The van der Waals surface area contributed by atoms with E-state index in [0.29, 0.717) is 23.2 Å². The quantitative estimate of drug-likeness (QED) is 0.764. The second-order valence-electron chi connectivity index (χ2n) is 6.55. The molecule has 1 aromatic heterocycles. The number of aryl methyl sites for hydroxylation is 1. The van der Waals surface area contributed by atoms with Crippen molar-refractivity contribution < 1.29 is 18.0 Å². The van der Waals surface area contributed by atoms with E-state index in [0.717, 1.165) is 31.0 Å². The normalized spacial score (nSPS) is 14.6. The number of benzene rings is 1. The van der Waals surface area contributed by atoms with Crippen LogP contribution in [0.15, 0.2) is 24.4 Å². The molecule has 1 fully saturated rings. The number of rotatable bonds is 5. The summed E-state index contributed by atoms with van der Waals surface area (Å²) in [7, 11) is 0. The maximum atomic E-state index is 13.4. The van der Waals surface area contributed by atoms with Crippen LogP contribution in [0.3, 0.4) is 0 Å². The lowest BCUT2D eigenvalue weighted by Crippen LogP contribution is -2.33. The Kier molecular flexibility index (Phi) is 5.55. The number of carbonyl (C=O) groups excluding carboxylic acids is 1. The number of aromatic nitrogens is 2. The van der Waals surface area contributed by atoms with Crippen LogP contribution in [-0.4, -0.2) is 22.4 Å². The molecule has 1 aromatic carbocycles. The molecule has 27 heavy (non-hydrogen) atoms. The van der Waals surface area contributed by atoms with Gasteiger partial charge in [0, 0.05) is 23.5 Å². The summed E-state index contributed by atoms with van der Waals surface area (Å²) in [6.07, 6.45) is -0.853. The Balaban J connectivity index is 1.82. The van der Waals surface area contributed by atoms with Crippen LogP contribution in [-0.2, 0) is 6.18 Å². The van der Waals surface area contributed by atoms with Crippen molar-refractivity contribution in [2.45, 2.75) is 32.4 Å². The van der Waals surface area contributed by atoms with Crippen LogP contribution >= 0.6 is 11.6 Å². The monoisotopic (exact) mass is 398 g/mol. The Morgan fingerprint density at radius 3 is 2.67 bits per heavy atom. The first-order valence-electron chi connectivity index (χ1n) is 8.49. The fourth-order valence-electron chi connectivity index (χ4n) is 2.65. The molecule has 0 spiro atoms. The average Bonchev–Trinajstić information content (AvgIpc) is 2.56. The third-order valence-corrected chi connectivity index (χ3v) is 4.91. The third kappa shape index (κ3) is 4.68. The Bertz CT molecular complexity index is 853. The van der Waals surface area contributed by atoms with Gasteiger partial charge in [-0.15, -0.1) is 0 Å². The molecule has 0 unspecified atom stereocenters. The first kappa shape index (κ1) is 19.4. The zero-order valence-corrected chi connectivity index (χ0v) is 15.3. The molecule has 0 radical (unpaired) electrons. The smallest absolute Gasteiger partial charge is 0.352 e. The Morgan fingerprint density at radius 2 is 2.07 bits per heavy atom. The van der Waals surface area contributed by atoms with E-state index >= 15 is 0 Å². The molecule has 0 bridgehead atoms. The molecule has 0 aliphatic heterocycles. The number of hydrogen-bond donors (Lipinski definition) is 2. The van der Waals surface area contributed by atoms with Crippen molar-refractivity contribution in [3.05, 3.63) is 46.2 Å². The fraction of sp³-hybridized carbons (Fsp3) is 0.389. The van der Waals surface area contributed by atoms with Gasteiger partial charge < -0.3 is 10.6 Å². The molecule has 0 saturated heterocycles. The summed E-state index contributed by atoms with van der Waals surface area (Å²) in [5.41, 5.74) is -0.586. The molecule has 5 nitrogen and oxygen atoms in total. The van der Waals surface area contributed by atoms with E-state index in [1.54, 1.807) is 25.1 Å². The summed E-state index contributed by atoms with van der Waals surface area (Å²) in [6.45, 7) is 2.17. The molecular weight excluding hydrogens is 381 g/mol. The highest BCUT2D eigenvalue weighted by atomic mass is 35.5. The Labute approximate surface area is 159 Å². The maximum absolute atomic E-state index is 13.4. The van der Waals surface area contributed by atoms with Crippen LogP contribution in [0.4, 0.5) is 24.8 Å². The van der Waals surface area contributed by atoms with Crippen molar-refractivity contribution in [2.24, 2.45) is 5.92 Å². The number of anilines is 2. The van der Waals surface area contributed by atoms with Crippen molar-refractivity contribution in [2.75, 3.05) is 11.9 Å². The summed E-state index contributed by atoms with van der Waals surface area (Å²) < 4.78 is 40.2. The molecule has 3 rings (SSSR count). The number of alkyl halides is 3. The Morgan fingerprint density at radius 1 is 1.33 bits per heavy atom. The summed E-state index contributed by atoms with van der Waals surface area (Å²) in [6, 6.07) is 4.93. The van der Waals surface area contributed by atoms with Crippen LogP contribution in [0.5, 0.6) is 0 Å². The van der Waals surface area contributed by atoms with Crippen LogP contribution in [0.1, 0.15) is 40.9 Å². The lowest BCUT2D eigenvalue weighted by Gasteiger charge is -2.25. The first-order chi connectivity index (χ1) is 12.7. The predicted octanol–water partition coefficient (Wildman–Crippen LogP) is 4.73. The predicted molar refractivity (Wildman–Crippen MR) is 96.2 cm³/mol. The minimum atomic E-state index is -4.78. The number of nitrogens with one attached hydrogen (secondary N) is 2. The average molecular weight is 399 g/mol. The number of amides is 1. The van der Waals surface area contributed by atoms with E-state index in [1.165, 1.54) is 0 Å². The molecule has 1 aliphatic carbocycles. The molecular formula is C18H18ClF3N4O. The summed E-state index contributed by atoms with van der Waals surface area (Å²) >= 11 is 6.01. The van der Waals surface area contributed by atoms with Gasteiger partial charge in [0.05, 0.1) is 5.56 Å². The molecule has 2 aromatic rings. The third-order valence-electron chi connectivity index (χ3n) is 4.51. The maximum Gasteiger partial charge on any atom is 0.434 e. The van der Waals surface area contributed by atoms with Crippen molar-refractivity contribution >= 4 is 29.1 Å². The van der Waals surface area contributed by atoms with Crippen LogP contribution in [0.25, 0.3) is 0 Å². The van der Waals surface area contributed by atoms with Gasteiger partial charge in [0.2, 0.25) is 5.95 Å². The van der Waals surface area contributed by atoms with Gasteiger partial charge in [-0.2, -0.15) is 13.2 Å². The minimum Gasteiger partial charge on any atom is -0.352 e. The Hall–Kier alpha value is -2.35. The molecule has 144 valence electrons. The van der Waals surface area contributed by atoms with Crippen LogP contribution in [0, 0.1) is 12.8 Å². The summed E-state index contributed by atoms with van der Waals surface area (Å²) in [4.78, 5) is 19.6. The molecule has 2 N–H and O–H groups in total. The number of hydrogen-bond acceptors (Lipinski definition) is 4. The van der Waals surface area contributed by atoms with Crippen molar-refractivity contribution in [1.29, 1.82) is 0 Å². The number of nitrogens with zero attached hydrogens (tertiary/aromatic N) is 2. The van der Waals surface area contributed by atoms with E-state index in [1.807, 2.05) is 0 Å². The van der Waals surface area contributed by atoms with Gasteiger partial charge in [-0.05, 0) is 43.4 Å². The largest absolute Gasteiger partial charge is 0.434 e. The summed E-state index contributed by atoms with van der Waals surface area (Å²) in [5, 5.41) is 5.68. The molecule has 0 atom stereocenters. The van der Waals surface area contributed by atoms with Gasteiger partial charge in [0.15, 0.2) is 5.69 Å². The summed E-state index contributed by atoms with van der Waals surface area (Å²) in [5.74, 6) is -0.756. The van der Waals surface area contributed by atoms with E-state index in [9.17, 15) is 18.0 Å². The standard InChI is InChI=1S/C18H18ClF3N4O/c1-10-5-6-12(7-14(10)19)25-17-24-9-13(15(26-17)18(20,21)22)16(27)23-8-11-3-2-4-11/h5-7,9,11H,2-4,8H2,1H3,(H,23,27)(H,24,25,26). The van der Waals surface area contributed by atoms with Crippen molar-refractivity contribution in [1.82, 2.24) is 15.3 Å². The zero-order valence-electron chi connectivity index (χ0n) is 14.5. The van der Waals surface area contributed by atoms with E-state index < -0.39 is 23.3 Å². The van der Waals surface area contributed by atoms with Crippen LogP contribution in [0.2, 0.25) is 5.02 Å².